The van der Waals surface area contributed by atoms with E-state index in [1.54, 1.807) is 20.8 Å². The number of nitrogens with zero attached hydrogens (tertiary/aromatic N) is 1. The van der Waals surface area contributed by atoms with Crippen LogP contribution in [0, 0.1) is 23.7 Å². The van der Waals surface area contributed by atoms with Gasteiger partial charge in [-0.3, -0.25) is 38.4 Å². The summed E-state index contributed by atoms with van der Waals surface area (Å²) in [6, 6.07) is -10.3. The van der Waals surface area contributed by atoms with E-state index >= 15 is 0 Å². The fraction of sp³-hybridized carbons (Fsp3) is 0.791. The summed E-state index contributed by atoms with van der Waals surface area (Å²) in [6.45, 7) is 16.1. The van der Waals surface area contributed by atoms with Crippen LogP contribution in [-0.4, -0.2) is 141 Å². The molecule has 0 spiro atoms. The molecule has 7 amide bonds. The van der Waals surface area contributed by atoms with Gasteiger partial charge in [0.15, 0.2) is 0 Å². The number of rotatable bonds is 29. The number of carboxylic acid groups (broad SMARTS) is 2. The van der Waals surface area contributed by atoms with E-state index in [1.807, 2.05) is 34.6 Å². The minimum absolute atomic E-state index is 0.0396. The summed E-state index contributed by atoms with van der Waals surface area (Å²) >= 11 is 0. The van der Waals surface area contributed by atoms with Crippen LogP contribution in [0.25, 0.3) is 0 Å². The molecule has 0 unspecified atom stereocenters. The van der Waals surface area contributed by atoms with Gasteiger partial charge in [0.05, 0.1) is 18.6 Å². The summed E-state index contributed by atoms with van der Waals surface area (Å²) in [4.78, 5) is 121. The van der Waals surface area contributed by atoms with Crippen LogP contribution in [0.1, 0.15) is 127 Å². The number of carboxylic acids is 2. The lowest BCUT2D eigenvalue weighted by Gasteiger charge is -2.32. The molecule has 1 fully saturated rings. The Kier molecular flexibility index (Phi) is 25.1. The van der Waals surface area contributed by atoms with Gasteiger partial charge in [0.25, 0.3) is 0 Å². The third-order valence-corrected chi connectivity index (χ3v) is 11.5. The largest absolute Gasteiger partial charge is 0.481 e. The summed E-state index contributed by atoms with van der Waals surface area (Å²) in [5.41, 5.74) is 11.9. The van der Waals surface area contributed by atoms with E-state index in [0.29, 0.717) is 38.6 Å². The van der Waals surface area contributed by atoms with Gasteiger partial charge >= 0.3 is 11.9 Å². The molecule has 0 saturated carbocycles. The van der Waals surface area contributed by atoms with Crippen LogP contribution in [0.3, 0.4) is 0 Å². The Morgan fingerprint density at radius 3 is 1.67 bits per heavy atom. The van der Waals surface area contributed by atoms with Gasteiger partial charge in [-0.25, -0.2) is 4.79 Å². The van der Waals surface area contributed by atoms with Crippen molar-refractivity contribution in [2.75, 3.05) is 13.1 Å². The number of nitrogens with two attached hydrogens (primary N) is 2. The highest BCUT2D eigenvalue weighted by Gasteiger charge is 2.41. The Balaban J connectivity index is 3.37. The number of hydrogen-bond acceptors (Lipinski definition) is 12. The number of amides is 7. The molecule has 13 N–H and O–H groups in total. The molecule has 0 aromatic carbocycles. The standard InChI is InChI=1S/C43H77N9O12/c1-10-24(7)33(45)39(59)50-34(25(8)11-2)40(60)46-27(15-12-13-17-44)36(56)48-29(19-22(3)4)42(62)52-18-14-16-31(52)38(58)47-28(21-32(54)55)37(57)51-35(26(9)53)41(61)49-30(43(63)64)20-23(5)6/h22-31,33-35,53H,10-21,44-45H2,1-9H3,(H,46,60)(H,47,58)(H,48,56)(H,49,61)(H,50,59)(H,51,57)(H,54,55)(H,63,64)/t24-,25-,26+,27-,28-,29-,30-,31-,33-,34-,35-/m0/s1. The molecule has 1 aliphatic rings. The van der Waals surface area contributed by atoms with Crippen molar-refractivity contribution >= 4 is 53.3 Å². The van der Waals surface area contributed by atoms with Gasteiger partial charge in [0, 0.05) is 6.54 Å². The van der Waals surface area contributed by atoms with Crippen molar-refractivity contribution < 1.29 is 58.5 Å². The number of hydrogen-bond donors (Lipinski definition) is 11. The maximum atomic E-state index is 14.3. The SMILES string of the molecule is CC[C@H](C)[C@H](N)C(=O)N[C@H](C(=O)N[C@@H](CCCCN)C(=O)N[C@@H](CC(C)C)C(=O)N1CCC[C@H]1C(=O)N[C@@H](CC(=O)O)C(=O)N[C@H](C(=O)N[C@@H](CC(C)C)C(=O)O)[C@@H](C)O)[C@@H](C)CC. The van der Waals surface area contributed by atoms with E-state index in [9.17, 15) is 58.5 Å². The summed E-state index contributed by atoms with van der Waals surface area (Å²) in [7, 11) is 0. The second-order valence-corrected chi connectivity index (χ2v) is 17.9. The molecule has 0 aliphatic carbocycles. The van der Waals surface area contributed by atoms with E-state index < -0.39 is 114 Å². The van der Waals surface area contributed by atoms with Crippen LogP contribution in [0.2, 0.25) is 0 Å². The van der Waals surface area contributed by atoms with Gasteiger partial charge in [0.1, 0.15) is 42.3 Å². The highest BCUT2D eigenvalue weighted by molar-refractivity contribution is 5.98. The molecule has 1 saturated heterocycles. The Morgan fingerprint density at radius 2 is 1.16 bits per heavy atom. The molecule has 11 atom stereocenters. The minimum atomic E-state index is -1.79. The minimum Gasteiger partial charge on any atom is -0.481 e. The van der Waals surface area contributed by atoms with Crippen LogP contribution in [0.4, 0.5) is 0 Å². The smallest absolute Gasteiger partial charge is 0.326 e. The van der Waals surface area contributed by atoms with Gasteiger partial charge < -0.3 is 63.6 Å². The van der Waals surface area contributed by atoms with E-state index in [1.165, 1.54) is 4.90 Å². The molecule has 0 aromatic rings. The fourth-order valence-electron chi connectivity index (χ4n) is 7.22. The first kappa shape index (κ1) is 57.1. The summed E-state index contributed by atoms with van der Waals surface area (Å²) in [5.74, 6) is -9.12. The maximum absolute atomic E-state index is 14.3. The van der Waals surface area contributed by atoms with Crippen molar-refractivity contribution in [2.24, 2.45) is 35.1 Å². The van der Waals surface area contributed by atoms with Gasteiger partial charge in [-0.05, 0) is 82.1 Å². The fourth-order valence-corrected chi connectivity index (χ4v) is 7.22. The topological polar surface area (TPSA) is 342 Å². The van der Waals surface area contributed by atoms with E-state index in [4.69, 9.17) is 11.5 Å². The molecule has 1 aliphatic heterocycles. The van der Waals surface area contributed by atoms with Gasteiger partial charge in [-0.15, -0.1) is 0 Å². The third-order valence-electron chi connectivity index (χ3n) is 11.5. The molecular formula is C43H77N9O12. The number of carbonyl (C=O) groups is 9. The molecule has 366 valence electrons. The second-order valence-electron chi connectivity index (χ2n) is 17.9. The highest BCUT2D eigenvalue weighted by Crippen LogP contribution is 2.22. The van der Waals surface area contributed by atoms with Crippen LogP contribution >= 0.6 is 0 Å². The van der Waals surface area contributed by atoms with Crippen LogP contribution in [0.5, 0.6) is 0 Å². The van der Waals surface area contributed by atoms with Crippen molar-refractivity contribution in [3.8, 4) is 0 Å². The lowest BCUT2D eigenvalue weighted by atomic mass is 9.95. The van der Waals surface area contributed by atoms with Crippen molar-refractivity contribution in [2.45, 2.75) is 181 Å². The van der Waals surface area contributed by atoms with Crippen molar-refractivity contribution in [3.63, 3.8) is 0 Å². The number of likely N-dealkylation sites (tertiary alicyclic amines) is 1. The number of unbranched alkanes of at least 4 members (excludes halogenated alkanes) is 1. The Hall–Kier alpha value is -4.89. The lowest BCUT2D eigenvalue weighted by molar-refractivity contribution is -0.145. The number of aliphatic hydroxyl groups excluding tert-OH is 1. The number of nitrogens with one attached hydrogen (secondary N) is 6. The third kappa shape index (κ3) is 18.7. The van der Waals surface area contributed by atoms with Crippen LogP contribution < -0.4 is 43.4 Å². The molecular weight excluding hydrogens is 835 g/mol. The quantitative estimate of drug-likeness (QED) is 0.0421. The second kappa shape index (κ2) is 28.1. The van der Waals surface area contributed by atoms with Gasteiger partial charge in [0.2, 0.25) is 41.4 Å². The van der Waals surface area contributed by atoms with Crippen molar-refractivity contribution in [1.82, 2.24) is 36.8 Å². The van der Waals surface area contributed by atoms with Crippen LogP contribution in [0.15, 0.2) is 0 Å². The predicted molar refractivity (Wildman–Crippen MR) is 237 cm³/mol. The average molecular weight is 912 g/mol. The zero-order chi connectivity index (χ0) is 49.0. The first-order chi connectivity index (χ1) is 29.9. The number of aliphatic hydroxyl groups is 1. The van der Waals surface area contributed by atoms with Crippen LogP contribution in [-0.2, 0) is 43.2 Å². The highest BCUT2D eigenvalue weighted by atomic mass is 16.4. The number of carbonyl (C=O) groups excluding carboxylic acids is 7. The molecule has 64 heavy (non-hydrogen) atoms. The maximum Gasteiger partial charge on any atom is 0.326 e. The zero-order valence-corrected chi connectivity index (χ0v) is 39.1. The van der Waals surface area contributed by atoms with E-state index in [2.05, 4.69) is 31.9 Å². The molecule has 0 bridgehead atoms. The Bertz CT molecular complexity index is 1600. The normalized spacial score (nSPS) is 18.5. The van der Waals surface area contributed by atoms with Gasteiger partial charge in [-0.1, -0.05) is 68.2 Å². The summed E-state index contributed by atoms with van der Waals surface area (Å²) in [5, 5.41) is 44.8. The Labute approximate surface area is 377 Å². The molecule has 21 heteroatoms. The lowest BCUT2D eigenvalue weighted by Crippen LogP contribution is -2.61. The van der Waals surface area contributed by atoms with E-state index in [-0.39, 0.29) is 55.9 Å². The molecule has 1 heterocycles. The molecule has 0 radical (unpaired) electrons. The molecule has 0 aromatic heterocycles. The van der Waals surface area contributed by atoms with Crippen molar-refractivity contribution in [3.05, 3.63) is 0 Å². The molecule has 1 rings (SSSR count). The Morgan fingerprint density at radius 1 is 0.641 bits per heavy atom. The van der Waals surface area contributed by atoms with Crippen molar-refractivity contribution in [1.29, 1.82) is 0 Å². The number of aliphatic carboxylic acids is 2. The first-order valence-electron chi connectivity index (χ1n) is 22.6. The average Bonchev–Trinajstić information content (AvgIpc) is 3.72. The summed E-state index contributed by atoms with van der Waals surface area (Å²) < 4.78 is 0. The zero-order valence-electron chi connectivity index (χ0n) is 39.1. The first-order valence-corrected chi connectivity index (χ1v) is 22.6. The summed E-state index contributed by atoms with van der Waals surface area (Å²) in [6.07, 6.45) is 0.407. The molecule has 21 nitrogen and oxygen atoms in total. The van der Waals surface area contributed by atoms with E-state index in [0.717, 1.165) is 6.92 Å². The predicted octanol–water partition coefficient (Wildman–Crippen LogP) is -0.533. The monoisotopic (exact) mass is 912 g/mol. The van der Waals surface area contributed by atoms with Gasteiger partial charge in [-0.2, -0.15) is 0 Å².